The topological polar surface area (TPSA) is 94.1 Å². The van der Waals surface area contributed by atoms with Crippen LogP contribution in [-0.2, 0) is 0 Å². The summed E-state index contributed by atoms with van der Waals surface area (Å²) in [6.45, 7) is 0. The summed E-state index contributed by atoms with van der Waals surface area (Å²) in [5.41, 5.74) is 14.2. The summed E-state index contributed by atoms with van der Waals surface area (Å²) in [7, 11) is 0. The first-order valence-corrected chi connectivity index (χ1v) is 6.38. The highest BCUT2D eigenvalue weighted by Gasteiger charge is 2.03. The van der Waals surface area contributed by atoms with E-state index >= 15 is 0 Å². The average Bonchev–Trinajstić information content (AvgIpc) is 2.91. The molecule has 0 saturated carbocycles. The van der Waals surface area contributed by atoms with Crippen molar-refractivity contribution in [2.45, 2.75) is 0 Å². The SMILES string of the molecule is NC(N)=N/N=C\c1ccc(-c2cn3ccccc3n2)cc1. The Morgan fingerprint density at radius 2 is 1.90 bits per heavy atom. The fourth-order valence-electron chi connectivity index (χ4n) is 1.98. The van der Waals surface area contributed by atoms with Gasteiger partial charge in [0, 0.05) is 18.0 Å². The van der Waals surface area contributed by atoms with Gasteiger partial charge in [-0.3, -0.25) is 0 Å². The first kappa shape index (κ1) is 12.9. The van der Waals surface area contributed by atoms with Crippen LogP contribution in [0.25, 0.3) is 16.9 Å². The number of pyridine rings is 1. The van der Waals surface area contributed by atoms with Gasteiger partial charge in [-0.25, -0.2) is 4.98 Å². The lowest BCUT2D eigenvalue weighted by Crippen LogP contribution is -2.21. The summed E-state index contributed by atoms with van der Waals surface area (Å²) in [6, 6.07) is 13.8. The zero-order chi connectivity index (χ0) is 14.7. The number of aromatic nitrogens is 2. The molecular formula is C15H14N6. The van der Waals surface area contributed by atoms with Gasteiger partial charge >= 0.3 is 0 Å². The van der Waals surface area contributed by atoms with Crippen molar-refractivity contribution in [1.82, 2.24) is 9.38 Å². The van der Waals surface area contributed by atoms with Crippen molar-refractivity contribution >= 4 is 17.8 Å². The highest BCUT2D eigenvalue weighted by atomic mass is 15.3. The van der Waals surface area contributed by atoms with Gasteiger partial charge in [0.1, 0.15) is 5.65 Å². The molecular weight excluding hydrogens is 264 g/mol. The van der Waals surface area contributed by atoms with Crippen LogP contribution in [0.3, 0.4) is 0 Å². The van der Waals surface area contributed by atoms with Crippen LogP contribution in [0.1, 0.15) is 5.56 Å². The molecule has 1 aromatic carbocycles. The Kier molecular flexibility index (Phi) is 3.34. The zero-order valence-corrected chi connectivity index (χ0v) is 11.2. The molecule has 2 heterocycles. The minimum atomic E-state index is -0.0624. The molecule has 0 aliphatic rings. The molecule has 4 N–H and O–H groups in total. The molecule has 3 aromatic rings. The van der Waals surface area contributed by atoms with Crippen molar-refractivity contribution in [2.24, 2.45) is 21.7 Å². The largest absolute Gasteiger partial charge is 0.369 e. The molecule has 0 atom stereocenters. The molecule has 6 nitrogen and oxygen atoms in total. The van der Waals surface area contributed by atoms with Crippen molar-refractivity contribution in [1.29, 1.82) is 0 Å². The second kappa shape index (κ2) is 5.46. The fraction of sp³-hybridized carbons (Fsp3) is 0. The Hall–Kier alpha value is -3.15. The lowest BCUT2D eigenvalue weighted by molar-refractivity contribution is 1.19. The van der Waals surface area contributed by atoms with Crippen LogP contribution in [0.2, 0.25) is 0 Å². The molecule has 0 unspecified atom stereocenters. The van der Waals surface area contributed by atoms with Crippen molar-refractivity contribution < 1.29 is 0 Å². The summed E-state index contributed by atoms with van der Waals surface area (Å²) < 4.78 is 1.99. The van der Waals surface area contributed by atoms with Gasteiger partial charge in [0.05, 0.1) is 11.9 Å². The third-order valence-corrected chi connectivity index (χ3v) is 2.95. The molecule has 0 aliphatic carbocycles. The Labute approximate surface area is 121 Å². The third kappa shape index (κ3) is 2.89. The van der Waals surface area contributed by atoms with Crippen molar-refractivity contribution in [3.05, 3.63) is 60.4 Å². The van der Waals surface area contributed by atoms with Crippen molar-refractivity contribution in [3.63, 3.8) is 0 Å². The average molecular weight is 278 g/mol. The first-order chi connectivity index (χ1) is 10.2. The van der Waals surface area contributed by atoms with Gasteiger partial charge in [0.15, 0.2) is 0 Å². The molecule has 0 bridgehead atoms. The number of hydrogen-bond donors (Lipinski definition) is 2. The van der Waals surface area contributed by atoms with Gasteiger partial charge in [-0.15, -0.1) is 5.10 Å². The maximum atomic E-state index is 5.20. The van der Waals surface area contributed by atoms with Crippen LogP contribution < -0.4 is 11.5 Å². The molecule has 0 saturated heterocycles. The Bertz CT molecular complexity index is 777. The number of imidazole rings is 1. The molecule has 21 heavy (non-hydrogen) atoms. The van der Waals surface area contributed by atoms with Crippen molar-refractivity contribution in [3.8, 4) is 11.3 Å². The fourth-order valence-corrected chi connectivity index (χ4v) is 1.98. The van der Waals surface area contributed by atoms with Gasteiger partial charge in [-0.1, -0.05) is 30.3 Å². The number of rotatable bonds is 3. The van der Waals surface area contributed by atoms with Crippen LogP contribution in [0.5, 0.6) is 0 Å². The number of nitrogens with zero attached hydrogens (tertiary/aromatic N) is 4. The second-order valence-electron chi connectivity index (χ2n) is 4.48. The normalized spacial score (nSPS) is 11.0. The van der Waals surface area contributed by atoms with Crippen LogP contribution in [0, 0.1) is 0 Å². The number of nitrogens with two attached hydrogens (primary N) is 2. The molecule has 104 valence electrons. The maximum absolute atomic E-state index is 5.20. The molecule has 0 spiro atoms. The Balaban J connectivity index is 1.86. The van der Waals surface area contributed by atoms with Gasteiger partial charge in [0.2, 0.25) is 5.96 Å². The maximum Gasteiger partial charge on any atom is 0.211 e. The standard InChI is InChI=1S/C15H14N6/c16-15(17)20-18-9-11-4-6-12(7-5-11)13-10-21-8-2-1-3-14(21)19-13/h1-10H,(H4,16,17,20)/b18-9-. The molecule has 6 heteroatoms. The van der Waals surface area contributed by atoms with Gasteiger partial charge < -0.3 is 15.9 Å². The lowest BCUT2D eigenvalue weighted by Gasteiger charge is -1.96. The van der Waals surface area contributed by atoms with E-state index in [9.17, 15) is 0 Å². The minimum absolute atomic E-state index is 0.0624. The predicted molar refractivity (Wildman–Crippen MR) is 84.0 cm³/mol. The summed E-state index contributed by atoms with van der Waals surface area (Å²) in [6.07, 6.45) is 5.56. The monoisotopic (exact) mass is 278 g/mol. The van der Waals surface area contributed by atoms with Gasteiger partial charge in [0.25, 0.3) is 0 Å². The molecule has 3 rings (SSSR count). The molecule has 0 fully saturated rings. The summed E-state index contributed by atoms with van der Waals surface area (Å²) in [5, 5.41) is 7.33. The highest BCUT2D eigenvalue weighted by molar-refractivity contribution is 5.82. The van der Waals surface area contributed by atoms with Gasteiger partial charge in [-0.05, 0) is 17.7 Å². The first-order valence-electron chi connectivity index (χ1n) is 6.38. The number of hydrogen-bond acceptors (Lipinski definition) is 3. The summed E-state index contributed by atoms with van der Waals surface area (Å²) >= 11 is 0. The van der Waals surface area contributed by atoms with E-state index in [1.54, 1.807) is 6.21 Å². The van der Waals surface area contributed by atoms with Crippen molar-refractivity contribution in [2.75, 3.05) is 0 Å². The second-order valence-corrected chi connectivity index (χ2v) is 4.48. The van der Waals surface area contributed by atoms with Gasteiger partial charge in [-0.2, -0.15) is 5.10 Å². The van der Waals surface area contributed by atoms with E-state index in [-0.39, 0.29) is 5.96 Å². The Morgan fingerprint density at radius 3 is 2.62 bits per heavy atom. The van der Waals surface area contributed by atoms with E-state index in [1.807, 2.05) is 59.3 Å². The van der Waals surface area contributed by atoms with E-state index in [2.05, 4.69) is 15.2 Å². The molecule has 2 aromatic heterocycles. The molecule has 0 aliphatic heterocycles. The smallest absolute Gasteiger partial charge is 0.211 e. The Morgan fingerprint density at radius 1 is 1.10 bits per heavy atom. The number of guanidine groups is 1. The van der Waals surface area contributed by atoms with E-state index in [4.69, 9.17) is 11.5 Å². The minimum Gasteiger partial charge on any atom is -0.369 e. The highest BCUT2D eigenvalue weighted by Crippen LogP contribution is 2.19. The van der Waals surface area contributed by atoms with E-state index in [1.165, 1.54) is 0 Å². The molecule has 0 amide bonds. The lowest BCUT2D eigenvalue weighted by atomic mass is 10.1. The van der Waals surface area contributed by atoms with E-state index < -0.39 is 0 Å². The zero-order valence-electron chi connectivity index (χ0n) is 11.2. The van der Waals surface area contributed by atoms with E-state index in [0.717, 1.165) is 22.5 Å². The van der Waals surface area contributed by atoms with Crippen LogP contribution in [-0.4, -0.2) is 21.6 Å². The summed E-state index contributed by atoms with van der Waals surface area (Å²) in [4.78, 5) is 4.57. The third-order valence-electron chi connectivity index (χ3n) is 2.95. The molecule has 0 radical (unpaired) electrons. The number of fused-ring (bicyclic) bond motifs is 1. The van der Waals surface area contributed by atoms with Crippen LogP contribution >= 0.6 is 0 Å². The van der Waals surface area contributed by atoms with Crippen LogP contribution in [0.15, 0.2) is 65.1 Å². The number of benzene rings is 1. The summed E-state index contributed by atoms with van der Waals surface area (Å²) in [5.74, 6) is -0.0624. The quantitative estimate of drug-likeness (QED) is 0.433. The van der Waals surface area contributed by atoms with Crippen LogP contribution in [0.4, 0.5) is 0 Å². The predicted octanol–water partition coefficient (Wildman–Crippen LogP) is 1.61. The van der Waals surface area contributed by atoms with E-state index in [0.29, 0.717) is 0 Å².